The lowest BCUT2D eigenvalue weighted by Gasteiger charge is -2.07. The molecule has 15 heavy (non-hydrogen) atoms. The molecular weight excluding hydrogens is 241 g/mol. The van der Waals surface area contributed by atoms with Crippen molar-refractivity contribution in [1.29, 1.82) is 0 Å². The zero-order valence-electron chi connectivity index (χ0n) is 7.90. The van der Waals surface area contributed by atoms with Gasteiger partial charge in [-0.25, -0.2) is 4.79 Å². The Hall–Kier alpha value is -0.780. The number of hydrogen-bond acceptors (Lipinski definition) is 3. The molecule has 0 aliphatic carbocycles. The van der Waals surface area contributed by atoms with Crippen molar-refractivity contribution in [1.82, 2.24) is 15.5 Å². The number of H-pyrrole nitrogens is 1. The Morgan fingerprint density at radius 2 is 2.27 bits per heavy atom. The number of rotatable bonds is 2. The Morgan fingerprint density at radius 1 is 1.53 bits per heavy atom. The summed E-state index contributed by atoms with van der Waals surface area (Å²) < 4.78 is 0. The van der Waals surface area contributed by atoms with E-state index in [9.17, 15) is 4.79 Å². The monoisotopic (exact) mass is 253 g/mol. The third kappa shape index (κ3) is 2.84. The molecule has 1 aromatic heterocycles. The number of carboxylic acids is 1. The van der Waals surface area contributed by atoms with E-state index >= 15 is 0 Å². The standard InChI is InChI=1S/C8H11N3O2.2ClH/c12-8(13)5-4-10-11-7(5)6-2-1-3-9-6;;/h4,6,9H,1-3H2,(H,10,11)(H,12,13);2*1H. The van der Waals surface area contributed by atoms with Crippen LogP contribution in [0.3, 0.4) is 0 Å². The first-order valence-corrected chi connectivity index (χ1v) is 4.29. The molecule has 1 unspecified atom stereocenters. The smallest absolute Gasteiger partial charge is 0.339 e. The predicted molar refractivity (Wildman–Crippen MR) is 60.0 cm³/mol. The van der Waals surface area contributed by atoms with E-state index in [1.165, 1.54) is 6.20 Å². The molecule has 5 nitrogen and oxygen atoms in total. The topological polar surface area (TPSA) is 78.0 Å². The van der Waals surface area contributed by atoms with Crippen LogP contribution >= 0.6 is 24.8 Å². The van der Waals surface area contributed by atoms with E-state index in [1.807, 2.05) is 0 Å². The Balaban J connectivity index is 0.000000980. The van der Waals surface area contributed by atoms with Gasteiger partial charge in [0.25, 0.3) is 0 Å². The summed E-state index contributed by atoms with van der Waals surface area (Å²) in [6.07, 6.45) is 3.42. The van der Waals surface area contributed by atoms with Gasteiger partial charge in [0, 0.05) is 6.04 Å². The fourth-order valence-electron chi connectivity index (χ4n) is 1.66. The van der Waals surface area contributed by atoms with Crippen molar-refractivity contribution >= 4 is 30.8 Å². The summed E-state index contributed by atoms with van der Waals surface area (Å²) in [5.41, 5.74) is 0.976. The van der Waals surface area contributed by atoms with Crippen LogP contribution in [-0.4, -0.2) is 27.8 Å². The predicted octanol–water partition coefficient (Wildman–Crippen LogP) is 1.38. The first-order chi connectivity index (χ1) is 6.29. The minimum absolute atomic E-state index is 0. The molecule has 1 fully saturated rings. The molecule has 0 aromatic carbocycles. The third-order valence-corrected chi connectivity index (χ3v) is 2.31. The zero-order valence-corrected chi connectivity index (χ0v) is 9.53. The Labute approximate surface area is 99.5 Å². The highest BCUT2D eigenvalue weighted by Crippen LogP contribution is 2.23. The van der Waals surface area contributed by atoms with Crippen molar-refractivity contribution in [3.63, 3.8) is 0 Å². The van der Waals surface area contributed by atoms with Gasteiger partial charge in [0.15, 0.2) is 0 Å². The third-order valence-electron chi connectivity index (χ3n) is 2.31. The molecule has 0 radical (unpaired) electrons. The van der Waals surface area contributed by atoms with Gasteiger partial charge in [0.1, 0.15) is 5.56 Å². The fourth-order valence-corrected chi connectivity index (χ4v) is 1.66. The van der Waals surface area contributed by atoms with Gasteiger partial charge in [-0.1, -0.05) is 0 Å². The number of halogens is 2. The summed E-state index contributed by atoms with van der Waals surface area (Å²) >= 11 is 0. The molecule has 1 aliphatic rings. The average molecular weight is 254 g/mol. The van der Waals surface area contributed by atoms with Crippen molar-refractivity contribution in [2.75, 3.05) is 6.54 Å². The van der Waals surface area contributed by atoms with E-state index in [1.54, 1.807) is 0 Å². The molecule has 86 valence electrons. The summed E-state index contributed by atoms with van der Waals surface area (Å²) in [4.78, 5) is 10.8. The Kier molecular flexibility index (Phi) is 5.64. The molecule has 2 heterocycles. The number of carbonyl (C=O) groups is 1. The van der Waals surface area contributed by atoms with Crippen LogP contribution < -0.4 is 5.32 Å². The molecule has 3 N–H and O–H groups in total. The molecule has 2 rings (SSSR count). The van der Waals surface area contributed by atoms with Gasteiger partial charge in [-0.05, 0) is 19.4 Å². The molecule has 1 saturated heterocycles. The molecule has 7 heteroatoms. The first-order valence-electron chi connectivity index (χ1n) is 4.29. The van der Waals surface area contributed by atoms with Gasteiger partial charge in [0.2, 0.25) is 0 Å². The Morgan fingerprint density at radius 3 is 2.80 bits per heavy atom. The molecule has 1 atom stereocenters. The van der Waals surface area contributed by atoms with E-state index in [2.05, 4.69) is 15.5 Å². The summed E-state index contributed by atoms with van der Waals surface area (Å²) in [7, 11) is 0. The van der Waals surface area contributed by atoms with Crippen LogP contribution in [0.1, 0.15) is 34.9 Å². The number of aromatic carboxylic acids is 1. The number of aromatic nitrogens is 2. The Bertz CT molecular complexity index is 323. The van der Waals surface area contributed by atoms with E-state index in [0.717, 1.165) is 19.4 Å². The van der Waals surface area contributed by atoms with Crippen LogP contribution in [0.5, 0.6) is 0 Å². The lowest BCUT2D eigenvalue weighted by Crippen LogP contribution is -2.16. The molecular formula is C8H13Cl2N3O2. The first kappa shape index (κ1) is 14.2. The summed E-state index contributed by atoms with van der Waals surface area (Å²) in [6, 6.07) is 0.133. The van der Waals surface area contributed by atoms with Crippen LogP contribution in [0, 0.1) is 0 Å². The van der Waals surface area contributed by atoms with Gasteiger partial charge < -0.3 is 10.4 Å². The van der Waals surface area contributed by atoms with Crippen LogP contribution in [0.15, 0.2) is 6.20 Å². The molecule has 1 aliphatic heterocycles. The van der Waals surface area contributed by atoms with Crippen LogP contribution in [0.2, 0.25) is 0 Å². The second-order valence-electron chi connectivity index (χ2n) is 3.15. The zero-order chi connectivity index (χ0) is 9.26. The second-order valence-corrected chi connectivity index (χ2v) is 3.15. The van der Waals surface area contributed by atoms with E-state index < -0.39 is 5.97 Å². The van der Waals surface area contributed by atoms with E-state index in [0.29, 0.717) is 5.69 Å². The molecule has 1 aromatic rings. The highest BCUT2D eigenvalue weighted by molar-refractivity contribution is 5.88. The largest absolute Gasteiger partial charge is 0.478 e. The van der Waals surface area contributed by atoms with Crippen LogP contribution in [0.4, 0.5) is 0 Å². The average Bonchev–Trinajstić information content (AvgIpc) is 2.74. The maximum Gasteiger partial charge on any atom is 0.339 e. The van der Waals surface area contributed by atoms with E-state index in [4.69, 9.17) is 5.11 Å². The van der Waals surface area contributed by atoms with Crippen LogP contribution in [-0.2, 0) is 0 Å². The molecule has 0 spiro atoms. The van der Waals surface area contributed by atoms with Gasteiger partial charge >= 0.3 is 5.97 Å². The molecule has 0 bridgehead atoms. The normalized spacial score (nSPS) is 19.1. The number of nitrogens with zero attached hydrogens (tertiary/aromatic N) is 1. The van der Waals surface area contributed by atoms with Crippen LogP contribution in [0.25, 0.3) is 0 Å². The van der Waals surface area contributed by atoms with Crippen molar-refractivity contribution in [3.8, 4) is 0 Å². The lowest BCUT2D eigenvalue weighted by atomic mass is 10.1. The number of nitrogens with one attached hydrogen (secondary N) is 2. The number of hydrogen-bond donors (Lipinski definition) is 3. The number of aromatic amines is 1. The maximum atomic E-state index is 10.8. The van der Waals surface area contributed by atoms with Crippen molar-refractivity contribution < 1.29 is 9.90 Å². The highest BCUT2D eigenvalue weighted by atomic mass is 35.5. The van der Waals surface area contributed by atoms with Gasteiger partial charge in [0.05, 0.1) is 11.9 Å². The summed E-state index contributed by atoms with van der Waals surface area (Å²) in [6.45, 7) is 0.947. The number of carboxylic acid groups (broad SMARTS) is 1. The minimum atomic E-state index is -0.919. The SMILES string of the molecule is Cl.Cl.O=C(O)c1cn[nH]c1C1CCCN1. The maximum absolute atomic E-state index is 10.8. The molecule has 0 saturated carbocycles. The summed E-state index contributed by atoms with van der Waals surface area (Å²) in [5.74, 6) is -0.919. The van der Waals surface area contributed by atoms with Crippen molar-refractivity contribution in [3.05, 3.63) is 17.5 Å². The highest BCUT2D eigenvalue weighted by Gasteiger charge is 2.23. The second kappa shape index (κ2) is 5.95. The lowest BCUT2D eigenvalue weighted by molar-refractivity contribution is 0.0695. The minimum Gasteiger partial charge on any atom is -0.478 e. The van der Waals surface area contributed by atoms with Gasteiger partial charge in [-0.2, -0.15) is 5.10 Å². The van der Waals surface area contributed by atoms with Crippen molar-refractivity contribution in [2.45, 2.75) is 18.9 Å². The fraction of sp³-hybridized carbons (Fsp3) is 0.500. The molecule has 0 amide bonds. The van der Waals surface area contributed by atoms with E-state index in [-0.39, 0.29) is 36.4 Å². The quantitative estimate of drug-likeness (QED) is 0.744. The van der Waals surface area contributed by atoms with Crippen molar-refractivity contribution in [2.24, 2.45) is 0 Å². The summed E-state index contributed by atoms with van der Waals surface area (Å²) in [5, 5.41) is 18.5. The van der Waals surface area contributed by atoms with Gasteiger partial charge in [-0.3, -0.25) is 5.10 Å². The van der Waals surface area contributed by atoms with Gasteiger partial charge in [-0.15, -0.1) is 24.8 Å².